The number of nitrogens with zero attached hydrogens (tertiary/aromatic N) is 1. The summed E-state index contributed by atoms with van der Waals surface area (Å²) < 4.78 is 12.0. The largest absolute Gasteiger partial charge is 0.495 e. The molecule has 0 amide bonds. The number of nitrogens with two attached hydrogens (primary N) is 1. The average molecular weight is 643 g/mol. The molecule has 3 aromatic carbocycles. The molecule has 2 aliphatic rings. The van der Waals surface area contributed by atoms with Crippen molar-refractivity contribution < 1.29 is 44.2 Å². The van der Waals surface area contributed by atoms with Crippen LogP contribution in [0, 0.1) is 0 Å². The summed E-state index contributed by atoms with van der Waals surface area (Å²) in [7, 11) is 0. The molecule has 0 spiro atoms. The lowest BCUT2D eigenvalue weighted by Crippen LogP contribution is -2.39. The molecule has 2 aliphatic carbocycles. The molecule has 2 unspecified atom stereocenters. The lowest BCUT2D eigenvalue weighted by Gasteiger charge is -2.37. The van der Waals surface area contributed by atoms with Crippen molar-refractivity contribution in [2.24, 2.45) is 5.90 Å². The number of ether oxygens (including phenoxy) is 2. The van der Waals surface area contributed by atoms with Gasteiger partial charge in [-0.1, -0.05) is 90.5 Å². The second kappa shape index (κ2) is 15.7. The van der Waals surface area contributed by atoms with Crippen LogP contribution in [0.4, 0.5) is 0 Å². The van der Waals surface area contributed by atoms with E-state index in [9.17, 15) is 15.0 Å². The Kier molecular flexibility index (Phi) is 11.2. The smallest absolute Gasteiger partial charge is 0.365 e. The summed E-state index contributed by atoms with van der Waals surface area (Å²) in [5.74, 6) is 5.58. The number of rotatable bonds is 17. The first-order valence-corrected chi connectivity index (χ1v) is 15.1. The van der Waals surface area contributed by atoms with E-state index in [0.29, 0.717) is 18.6 Å². The Labute approximate surface area is 273 Å². The molecule has 11 nitrogen and oxygen atoms in total. The van der Waals surface area contributed by atoms with Crippen molar-refractivity contribution in [2.75, 3.05) is 26.4 Å². The molecule has 2 atom stereocenters. The highest BCUT2D eigenvalue weighted by molar-refractivity contribution is 5.86. The van der Waals surface area contributed by atoms with Crippen molar-refractivity contribution in [3.8, 4) is 16.9 Å². The van der Waals surface area contributed by atoms with Crippen LogP contribution in [0.5, 0.6) is 5.75 Å². The monoisotopic (exact) mass is 642 g/mol. The maximum Gasteiger partial charge on any atom is 0.365 e. The zero-order valence-corrected chi connectivity index (χ0v) is 25.8. The van der Waals surface area contributed by atoms with Crippen LogP contribution < -0.4 is 10.6 Å². The maximum absolute atomic E-state index is 11.3. The number of hydrogen-bond donors (Lipinski definition) is 3. The van der Waals surface area contributed by atoms with Gasteiger partial charge in [-0.3, -0.25) is 4.89 Å². The zero-order chi connectivity index (χ0) is 33.2. The topological polar surface area (TPSA) is 142 Å². The fourth-order valence-electron chi connectivity index (χ4n) is 6.08. The van der Waals surface area contributed by atoms with E-state index in [1.165, 1.54) is 39.1 Å². The number of hydrogen-bond acceptors (Lipinski definition) is 11. The molecule has 0 bridgehead atoms. The van der Waals surface area contributed by atoms with E-state index in [1.807, 2.05) is 18.2 Å². The highest BCUT2D eigenvalue weighted by Crippen LogP contribution is 2.57. The number of benzene rings is 3. The molecule has 0 heterocycles. The van der Waals surface area contributed by atoms with Gasteiger partial charge in [-0.05, 0) is 52.4 Å². The summed E-state index contributed by atoms with van der Waals surface area (Å²) >= 11 is 0. The minimum Gasteiger partial charge on any atom is -0.495 e. The third-order valence-electron chi connectivity index (χ3n) is 8.25. The van der Waals surface area contributed by atoms with Gasteiger partial charge in [-0.2, -0.15) is 10.8 Å². The van der Waals surface area contributed by atoms with Crippen LogP contribution in [0.1, 0.15) is 29.5 Å². The Morgan fingerprint density at radius 3 is 2.13 bits per heavy atom. The predicted octanol–water partition coefficient (Wildman–Crippen LogP) is 4.57. The molecule has 0 aliphatic heterocycles. The minimum atomic E-state index is -0.847. The number of hydroxylamine groups is 2. The van der Waals surface area contributed by atoms with Gasteiger partial charge in [0.1, 0.15) is 25.0 Å². The summed E-state index contributed by atoms with van der Waals surface area (Å²) in [6.45, 7) is 6.37. The number of fused-ring (bicyclic) bond motifs is 3. The lowest BCUT2D eigenvalue weighted by molar-refractivity contribution is -0.426. The summed E-state index contributed by atoms with van der Waals surface area (Å²) in [4.78, 5) is 30.0. The standard InChI is InChI=1S/C36H38N2O9/c1-3-35(41)45-44-30(22-40)24-43-29-19-15-26(16-20-29)36(33-11-7-5-9-31(33)32-10-6-8-12-34(32)36)25-13-17-28(18-14-25)42-23-27(21-39)38(4-2)47-46-37/h3-15,17-19,27,30,39-40H,1-2,16,20-24,37H2. The number of carbonyl (C=O) groups is 1. The first-order chi connectivity index (χ1) is 23.0. The van der Waals surface area contributed by atoms with Gasteiger partial charge in [-0.15, -0.1) is 4.99 Å². The molecule has 4 N–H and O–H groups in total. The summed E-state index contributed by atoms with van der Waals surface area (Å²) in [6, 6.07) is 24.3. The molecule has 0 aromatic heterocycles. The van der Waals surface area contributed by atoms with Gasteiger partial charge in [0.05, 0.1) is 24.4 Å². The van der Waals surface area contributed by atoms with Gasteiger partial charge in [0, 0.05) is 18.7 Å². The molecular weight excluding hydrogens is 604 g/mol. The van der Waals surface area contributed by atoms with Gasteiger partial charge in [-0.25, -0.2) is 9.86 Å². The first kappa shape index (κ1) is 33.6. The average Bonchev–Trinajstić information content (AvgIpc) is 3.43. The third-order valence-corrected chi connectivity index (χ3v) is 8.25. The van der Waals surface area contributed by atoms with Crippen molar-refractivity contribution in [3.05, 3.63) is 138 Å². The molecular formula is C36H38N2O9. The van der Waals surface area contributed by atoms with Crippen molar-refractivity contribution >= 4 is 5.97 Å². The first-order valence-electron chi connectivity index (χ1n) is 15.1. The van der Waals surface area contributed by atoms with E-state index in [4.69, 9.17) is 25.2 Å². The van der Waals surface area contributed by atoms with Crippen LogP contribution in [0.3, 0.4) is 0 Å². The van der Waals surface area contributed by atoms with Gasteiger partial charge >= 0.3 is 5.97 Å². The Bertz CT molecular complexity index is 1570. The quantitative estimate of drug-likeness (QED) is 0.108. The minimum absolute atomic E-state index is 0.00126. The SMILES string of the molecule is C=CC(=O)OOC(CO)COC1=CC=C(C2(c3ccc(OCC(CO)N(C=C)OON)cc3)c3ccccc3-c3ccccc32)CC1. The molecule has 47 heavy (non-hydrogen) atoms. The van der Waals surface area contributed by atoms with Crippen LogP contribution in [0.15, 0.2) is 122 Å². The Balaban J connectivity index is 1.45. The van der Waals surface area contributed by atoms with Crippen molar-refractivity contribution in [1.82, 2.24) is 5.06 Å². The lowest BCUT2D eigenvalue weighted by atomic mass is 9.65. The van der Waals surface area contributed by atoms with E-state index in [0.717, 1.165) is 17.4 Å². The van der Waals surface area contributed by atoms with E-state index < -0.39 is 30.1 Å². The van der Waals surface area contributed by atoms with E-state index in [-0.39, 0.29) is 19.8 Å². The number of aliphatic hydroxyl groups is 2. The van der Waals surface area contributed by atoms with Gasteiger partial charge in [0.15, 0.2) is 6.10 Å². The predicted molar refractivity (Wildman–Crippen MR) is 173 cm³/mol. The highest BCUT2D eigenvalue weighted by atomic mass is 17.3. The van der Waals surface area contributed by atoms with Crippen molar-refractivity contribution in [1.29, 1.82) is 0 Å². The number of carbonyl (C=O) groups excluding carboxylic acids is 1. The Morgan fingerprint density at radius 1 is 0.894 bits per heavy atom. The molecule has 0 radical (unpaired) electrons. The fourth-order valence-corrected chi connectivity index (χ4v) is 6.08. The van der Waals surface area contributed by atoms with E-state index >= 15 is 0 Å². The fraction of sp³-hybridized carbons (Fsp3) is 0.250. The zero-order valence-electron chi connectivity index (χ0n) is 25.8. The van der Waals surface area contributed by atoms with E-state index in [1.54, 1.807) is 0 Å². The second-order valence-electron chi connectivity index (χ2n) is 10.9. The normalized spacial score (nSPS) is 15.6. The highest BCUT2D eigenvalue weighted by Gasteiger charge is 2.47. The van der Waals surface area contributed by atoms with Crippen LogP contribution in [-0.2, 0) is 34.7 Å². The Hall–Kier alpha value is -4.75. The second-order valence-corrected chi connectivity index (χ2v) is 10.9. The molecule has 246 valence electrons. The van der Waals surface area contributed by atoms with Crippen LogP contribution in [0.2, 0.25) is 0 Å². The Morgan fingerprint density at radius 2 is 1.57 bits per heavy atom. The van der Waals surface area contributed by atoms with Crippen molar-refractivity contribution in [2.45, 2.75) is 30.4 Å². The van der Waals surface area contributed by atoms with Crippen LogP contribution >= 0.6 is 0 Å². The van der Waals surface area contributed by atoms with Gasteiger partial charge in [0.2, 0.25) is 0 Å². The molecule has 3 aromatic rings. The molecule has 0 saturated carbocycles. The third kappa shape index (κ3) is 7.00. The van der Waals surface area contributed by atoms with Crippen molar-refractivity contribution in [3.63, 3.8) is 0 Å². The van der Waals surface area contributed by atoms with Gasteiger partial charge < -0.3 is 19.7 Å². The molecule has 11 heteroatoms. The number of allylic oxidation sites excluding steroid dienone is 4. The maximum atomic E-state index is 11.3. The van der Waals surface area contributed by atoms with E-state index in [2.05, 4.69) is 89.8 Å². The molecule has 5 rings (SSSR count). The summed E-state index contributed by atoms with van der Waals surface area (Å²) in [5.41, 5.74) is 6.37. The number of aliphatic hydroxyl groups excluding tert-OH is 2. The molecule has 0 saturated heterocycles. The summed E-state index contributed by atoms with van der Waals surface area (Å²) in [6.07, 6.45) is 6.81. The summed E-state index contributed by atoms with van der Waals surface area (Å²) in [5, 5.41) is 20.6. The van der Waals surface area contributed by atoms with Crippen LogP contribution in [0.25, 0.3) is 11.1 Å². The van der Waals surface area contributed by atoms with Gasteiger partial charge in [0.25, 0.3) is 0 Å². The van der Waals surface area contributed by atoms with Crippen LogP contribution in [-0.4, -0.2) is 59.8 Å². The molecule has 0 fully saturated rings.